The molecule has 1 aliphatic rings. The van der Waals surface area contributed by atoms with Gasteiger partial charge in [0.2, 0.25) is 5.91 Å². The molecule has 0 fully saturated rings. The summed E-state index contributed by atoms with van der Waals surface area (Å²) >= 11 is 0. The second-order valence-electron chi connectivity index (χ2n) is 4.05. The molecular formula is C11H16N2O2. The molecule has 2 rings (SSSR count). The number of rotatable bonds is 2. The molecule has 0 aliphatic carbocycles. The van der Waals surface area contributed by atoms with Crippen molar-refractivity contribution >= 4 is 5.91 Å². The number of amides is 1. The maximum atomic E-state index is 11.6. The first-order chi connectivity index (χ1) is 7.18. The maximum absolute atomic E-state index is 11.6. The number of fused-ring (bicyclic) bond motifs is 1. The van der Waals surface area contributed by atoms with Gasteiger partial charge in [-0.05, 0) is 6.07 Å². The number of nitrogens with zero attached hydrogens (tertiary/aromatic N) is 1. The zero-order valence-corrected chi connectivity index (χ0v) is 9.12. The first-order valence-corrected chi connectivity index (χ1v) is 5.18. The zero-order valence-electron chi connectivity index (χ0n) is 9.12. The van der Waals surface area contributed by atoms with E-state index in [1.54, 1.807) is 25.3 Å². The van der Waals surface area contributed by atoms with Crippen LogP contribution in [0.15, 0.2) is 16.7 Å². The molecular weight excluding hydrogens is 192 g/mol. The van der Waals surface area contributed by atoms with Gasteiger partial charge in [0.1, 0.15) is 5.76 Å². The predicted octanol–water partition coefficient (Wildman–Crippen LogP) is 0.945. The van der Waals surface area contributed by atoms with Gasteiger partial charge in [-0.2, -0.15) is 0 Å². The highest BCUT2D eigenvalue weighted by Crippen LogP contribution is 2.26. The molecule has 4 nitrogen and oxygen atoms in total. The Morgan fingerprint density at radius 3 is 3.20 bits per heavy atom. The molecule has 0 aromatic carbocycles. The van der Waals surface area contributed by atoms with Crippen LogP contribution in [-0.2, 0) is 11.2 Å². The van der Waals surface area contributed by atoms with Crippen molar-refractivity contribution in [2.75, 3.05) is 20.6 Å². The largest absolute Gasteiger partial charge is 0.469 e. The molecule has 1 aliphatic heterocycles. The Morgan fingerprint density at radius 2 is 2.47 bits per heavy atom. The summed E-state index contributed by atoms with van der Waals surface area (Å²) in [7, 11) is 3.56. The third kappa shape index (κ3) is 2.04. The Balaban J connectivity index is 2.10. The second-order valence-corrected chi connectivity index (χ2v) is 4.05. The normalized spacial score (nSPS) is 19.7. The molecule has 4 heteroatoms. The summed E-state index contributed by atoms with van der Waals surface area (Å²) in [5.74, 6) is 1.16. The number of nitrogens with one attached hydrogen (secondary N) is 1. The van der Waals surface area contributed by atoms with Gasteiger partial charge in [0, 0.05) is 45.1 Å². The van der Waals surface area contributed by atoms with E-state index in [0.29, 0.717) is 6.42 Å². The first-order valence-electron chi connectivity index (χ1n) is 5.18. The number of carbonyl (C=O) groups excluding carboxylic acids is 1. The van der Waals surface area contributed by atoms with E-state index in [-0.39, 0.29) is 11.9 Å². The van der Waals surface area contributed by atoms with Crippen molar-refractivity contribution in [3.63, 3.8) is 0 Å². The van der Waals surface area contributed by atoms with Crippen LogP contribution in [0.3, 0.4) is 0 Å². The zero-order chi connectivity index (χ0) is 10.8. The van der Waals surface area contributed by atoms with E-state index in [1.165, 1.54) is 0 Å². The summed E-state index contributed by atoms with van der Waals surface area (Å²) < 4.78 is 5.36. The van der Waals surface area contributed by atoms with Crippen LogP contribution in [0.1, 0.15) is 23.8 Å². The minimum absolute atomic E-state index is 0.113. The highest BCUT2D eigenvalue weighted by molar-refractivity contribution is 5.76. The topological polar surface area (TPSA) is 45.5 Å². The van der Waals surface area contributed by atoms with Gasteiger partial charge < -0.3 is 14.6 Å². The number of furan rings is 1. The second kappa shape index (κ2) is 4.06. The van der Waals surface area contributed by atoms with Crippen molar-refractivity contribution < 1.29 is 9.21 Å². The van der Waals surface area contributed by atoms with E-state index in [9.17, 15) is 4.79 Å². The third-order valence-electron chi connectivity index (χ3n) is 2.78. The Hall–Kier alpha value is -1.29. The van der Waals surface area contributed by atoms with E-state index < -0.39 is 0 Å². The lowest BCUT2D eigenvalue weighted by molar-refractivity contribution is -0.129. The van der Waals surface area contributed by atoms with E-state index in [0.717, 1.165) is 24.3 Å². The van der Waals surface area contributed by atoms with Crippen molar-refractivity contribution in [1.29, 1.82) is 0 Å². The average Bonchev–Trinajstić information content (AvgIpc) is 2.66. The minimum atomic E-state index is 0.113. The quantitative estimate of drug-likeness (QED) is 0.787. The van der Waals surface area contributed by atoms with Crippen molar-refractivity contribution in [3.8, 4) is 0 Å². The van der Waals surface area contributed by atoms with Gasteiger partial charge in [0.05, 0.1) is 6.26 Å². The fraction of sp³-hybridized carbons (Fsp3) is 0.545. The summed E-state index contributed by atoms with van der Waals surface area (Å²) in [6.07, 6.45) is 3.11. The van der Waals surface area contributed by atoms with Crippen molar-refractivity contribution in [1.82, 2.24) is 10.2 Å². The molecule has 1 atom stereocenters. The van der Waals surface area contributed by atoms with Gasteiger partial charge in [-0.3, -0.25) is 4.79 Å². The smallest absolute Gasteiger partial charge is 0.223 e. The van der Waals surface area contributed by atoms with Crippen LogP contribution < -0.4 is 5.32 Å². The standard InChI is InChI=1S/C11H16N2O2/c1-13(2)11(14)7-9-8-4-6-15-10(8)3-5-12-9/h4,6,9,12H,3,5,7H2,1-2H3. The molecule has 0 saturated heterocycles. The molecule has 15 heavy (non-hydrogen) atoms. The van der Waals surface area contributed by atoms with Gasteiger partial charge in [-0.1, -0.05) is 0 Å². The first kappa shape index (κ1) is 10.2. The van der Waals surface area contributed by atoms with Gasteiger partial charge in [-0.25, -0.2) is 0 Å². The van der Waals surface area contributed by atoms with Gasteiger partial charge in [-0.15, -0.1) is 0 Å². The SMILES string of the molecule is CN(C)C(=O)CC1NCCc2occc21. The molecule has 2 heterocycles. The lowest BCUT2D eigenvalue weighted by Crippen LogP contribution is -2.33. The molecule has 0 bridgehead atoms. The molecule has 82 valence electrons. The number of hydrogen-bond acceptors (Lipinski definition) is 3. The van der Waals surface area contributed by atoms with Crippen molar-refractivity contribution in [2.24, 2.45) is 0 Å². The van der Waals surface area contributed by atoms with E-state index in [2.05, 4.69) is 5.32 Å². The molecule has 1 unspecified atom stereocenters. The van der Waals surface area contributed by atoms with Crippen molar-refractivity contribution in [3.05, 3.63) is 23.7 Å². The predicted molar refractivity (Wildman–Crippen MR) is 56.5 cm³/mol. The molecule has 1 aromatic rings. The Labute approximate surface area is 89.2 Å². The van der Waals surface area contributed by atoms with Crippen LogP contribution in [0.4, 0.5) is 0 Å². The Kier molecular flexibility index (Phi) is 2.77. The summed E-state index contributed by atoms with van der Waals surface area (Å²) in [5.41, 5.74) is 1.14. The van der Waals surface area contributed by atoms with Gasteiger partial charge >= 0.3 is 0 Å². The van der Waals surface area contributed by atoms with Gasteiger partial charge in [0.15, 0.2) is 0 Å². The molecule has 0 radical (unpaired) electrons. The molecule has 1 N–H and O–H groups in total. The molecule has 0 spiro atoms. The maximum Gasteiger partial charge on any atom is 0.223 e. The van der Waals surface area contributed by atoms with Crippen LogP contribution in [0.25, 0.3) is 0 Å². The van der Waals surface area contributed by atoms with Crippen LogP contribution in [0.2, 0.25) is 0 Å². The lowest BCUT2D eigenvalue weighted by Gasteiger charge is -2.24. The van der Waals surface area contributed by atoms with Crippen LogP contribution in [0.5, 0.6) is 0 Å². The summed E-state index contributed by atoms with van der Waals surface area (Å²) in [6, 6.07) is 2.07. The van der Waals surface area contributed by atoms with Crippen LogP contribution in [-0.4, -0.2) is 31.4 Å². The highest BCUT2D eigenvalue weighted by Gasteiger charge is 2.24. The minimum Gasteiger partial charge on any atom is -0.469 e. The Morgan fingerprint density at radius 1 is 1.67 bits per heavy atom. The van der Waals surface area contributed by atoms with Crippen LogP contribution in [0, 0.1) is 0 Å². The Bertz CT molecular complexity index is 357. The summed E-state index contributed by atoms with van der Waals surface area (Å²) in [6.45, 7) is 0.881. The fourth-order valence-electron chi connectivity index (χ4n) is 1.87. The molecule has 0 saturated carbocycles. The number of hydrogen-bond donors (Lipinski definition) is 1. The summed E-state index contributed by atoms with van der Waals surface area (Å²) in [5, 5.41) is 3.34. The monoisotopic (exact) mass is 208 g/mol. The summed E-state index contributed by atoms with van der Waals surface area (Å²) in [4.78, 5) is 13.2. The molecule has 1 amide bonds. The third-order valence-corrected chi connectivity index (χ3v) is 2.78. The van der Waals surface area contributed by atoms with Crippen molar-refractivity contribution in [2.45, 2.75) is 18.9 Å². The van der Waals surface area contributed by atoms with E-state index in [4.69, 9.17) is 4.42 Å². The average molecular weight is 208 g/mol. The fourth-order valence-corrected chi connectivity index (χ4v) is 1.87. The molecule has 1 aromatic heterocycles. The number of carbonyl (C=O) groups is 1. The van der Waals surface area contributed by atoms with Crippen LogP contribution >= 0.6 is 0 Å². The highest BCUT2D eigenvalue weighted by atomic mass is 16.3. The van der Waals surface area contributed by atoms with E-state index in [1.807, 2.05) is 6.07 Å². The van der Waals surface area contributed by atoms with Gasteiger partial charge in [0.25, 0.3) is 0 Å². The lowest BCUT2D eigenvalue weighted by atomic mass is 9.99. The van der Waals surface area contributed by atoms with E-state index >= 15 is 0 Å².